The van der Waals surface area contributed by atoms with Gasteiger partial charge in [0.05, 0.1) is 16.6 Å². The van der Waals surface area contributed by atoms with Crippen molar-refractivity contribution in [3.8, 4) is 6.07 Å². The van der Waals surface area contributed by atoms with E-state index in [0.29, 0.717) is 12.0 Å². The number of halogens is 1. The SMILES string of the molecule is Cc1c(Cc2ccccc2Cl)c(N2CCCC2)n2c(nc3ccccc32)c1C#N. The molecule has 3 heterocycles. The molecule has 0 radical (unpaired) electrons. The van der Waals surface area contributed by atoms with Gasteiger partial charge in [0.25, 0.3) is 0 Å². The Morgan fingerprint density at radius 3 is 2.55 bits per heavy atom. The molecule has 1 aliphatic rings. The van der Waals surface area contributed by atoms with Gasteiger partial charge in [0.1, 0.15) is 11.9 Å². The van der Waals surface area contributed by atoms with Crippen LogP contribution in [0.15, 0.2) is 48.5 Å². The summed E-state index contributed by atoms with van der Waals surface area (Å²) in [5.74, 6) is 1.16. The van der Waals surface area contributed by atoms with Crippen LogP contribution in [-0.4, -0.2) is 22.5 Å². The topological polar surface area (TPSA) is 44.3 Å². The molecule has 1 saturated heterocycles. The summed E-state index contributed by atoms with van der Waals surface area (Å²) in [4.78, 5) is 7.28. The predicted molar refractivity (Wildman–Crippen MR) is 118 cm³/mol. The van der Waals surface area contributed by atoms with Gasteiger partial charge in [0, 0.05) is 30.1 Å². The van der Waals surface area contributed by atoms with E-state index in [2.05, 4.69) is 27.5 Å². The van der Waals surface area contributed by atoms with Crippen molar-refractivity contribution >= 4 is 34.1 Å². The molecule has 144 valence electrons. The third-order valence-electron chi connectivity index (χ3n) is 5.94. The number of rotatable bonds is 3. The van der Waals surface area contributed by atoms with Gasteiger partial charge in [0.2, 0.25) is 0 Å². The smallest absolute Gasteiger partial charge is 0.157 e. The van der Waals surface area contributed by atoms with Gasteiger partial charge in [-0.15, -0.1) is 0 Å². The minimum atomic E-state index is 0.645. The number of para-hydroxylation sites is 2. The van der Waals surface area contributed by atoms with Crippen LogP contribution in [0.25, 0.3) is 16.7 Å². The zero-order valence-electron chi connectivity index (χ0n) is 16.3. The lowest BCUT2D eigenvalue weighted by atomic mass is 9.97. The standard InChI is InChI=1S/C24H21ClN4/c1-16-18(14-17-8-2-3-9-20(17)25)24(28-12-6-7-13-28)29-22-11-5-4-10-21(22)27-23(29)19(16)15-26/h2-5,8-11H,6-7,12-14H2,1H3. The molecule has 1 aliphatic heterocycles. The molecule has 0 atom stereocenters. The summed E-state index contributed by atoms with van der Waals surface area (Å²) >= 11 is 6.51. The molecule has 29 heavy (non-hydrogen) atoms. The van der Waals surface area contributed by atoms with Crippen LogP contribution in [0.1, 0.15) is 35.1 Å². The first-order chi connectivity index (χ1) is 14.2. The number of hydrogen-bond donors (Lipinski definition) is 0. The van der Waals surface area contributed by atoms with Gasteiger partial charge >= 0.3 is 0 Å². The van der Waals surface area contributed by atoms with Gasteiger partial charge < -0.3 is 4.90 Å². The summed E-state index contributed by atoms with van der Waals surface area (Å²) in [6, 6.07) is 18.5. The first-order valence-electron chi connectivity index (χ1n) is 10.00. The number of hydrogen-bond acceptors (Lipinski definition) is 3. The molecule has 0 N–H and O–H groups in total. The van der Waals surface area contributed by atoms with Gasteiger partial charge in [-0.05, 0) is 49.1 Å². The summed E-state index contributed by atoms with van der Waals surface area (Å²) < 4.78 is 2.19. The highest BCUT2D eigenvalue weighted by molar-refractivity contribution is 6.31. The zero-order chi connectivity index (χ0) is 20.0. The van der Waals surface area contributed by atoms with Gasteiger partial charge in [-0.3, -0.25) is 4.40 Å². The molecule has 2 aromatic heterocycles. The largest absolute Gasteiger partial charge is 0.357 e. The minimum absolute atomic E-state index is 0.645. The molecule has 0 saturated carbocycles. The van der Waals surface area contributed by atoms with E-state index in [4.69, 9.17) is 16.6 Å². The molecule has 0 amide bonds. The number of nitrogens with zero attached hydrogens (tertiary/aromatic N) is 4. The Morgan fingerprint density at radius 2 is 1.79 bits per heavy atom. The summed E-state index contributed by atoms with van der Waals surface area (Å²) in [6.45, 7) is 4.08. The fourth-order valence-corrected chi connectivity index (χ4v) is 4.67. The van der Waals surface area contributed by atoms with Crippen molar-refractivity contribution in [3.63, 3.8) is 0 Å². The second-order valence-corrected chi connectivity index (χ2v) is 8.04. The van der Waals surface area contributed by atoms with Crippen molar-refractivity contribution in [1.29, 1.82) is 5.26 Å². The summed E-state index contributed by atoms with van der Waals surface area (Å²) in [5.41, 5.74) is 6.58. The lowest BCUT2D eigenvalue weighted by Crippen LogP contribution is -2.23. The molecule has 0 spiro atoms. The zero-order valence-corrected chi connectivity index (χ0v) is 17.1. The Bertz CT molecular complexity index is 1280. The van der Waals surface area contributed by atoms with Gasteiger partial charge in [0.15, 0.2) is 5.65 Å². The first kappa shape index (κ1) is 18.0. The molecule has 5 heteroatoms. The molecule has 0 aliphatic carbocycles. The number of aromatic nitrogens is 2. The van der Waals surface area contributed by atoms with E-state index in [1.807, 2.05) is 43.3 Å². The maximum Gasteiger partial charge on any atom is 0.157 e. The lowest BCUT2D eigenvalue weighted by Gasteiger charge is -2.26. The number of anilines is 1. The number of pyridine rings is 1. The van der Waals surface area contributed by atoms with Crippen molar-refractivity contribution in [1.82, 2.24) is 9.38 Å². The van der Waals surface area contributed by atoms with Crippen LogP contribution < -0.4 is 4.90 Å². The molecule has 1 fully saturated rings. The Labute approximate surface area is 175 Å². The van der Waals surface area contributed by atoms with E-state index in [1.54, 1.807) is 0 Å². The van der Waals surface area contributed by atoms with E-state index < -0.39 is 0 Å². The van der Waals surface area contributed by atoms with Gasteiger partial charge in [-0.25, -0.2) is 4.98 Å². The Hall–Kier alpha value is -3.03. The summed E-state index contributed by atoms with van der Waals surface area (Å²) in [5, 5.41) is 10.8. The first-order valence-corrected chi connectivity index (χ1v) is 10.4. The van der Waals surface area contributed by atoms with Crippen LogP contribution in [0.5, 0.6) is 0 Å². The fourth-order valence-electron chi connectivity index (χ4n) is 4.47. The molecular formula is C24H21ClN4. The highest BCUT2D eigenvalue weighted by Gasteiger charge is 2.26. The molecule has 0 unspecified atom stereocenters. The van der Waals surface area contributed by atoms with E-state index in [-0.39, 0.29) is 0 Å². The van der Waals surface area contributed by atoms with Gasteiger partial charge in [-0.2, -0.15) is 5.26 Å². The molecule has 5 rings (SSSR count). The second-order valence-electron chi connectivity index (χ2n) is 7.64. The van der Waals surface area contributed by atoms with Crippen molar-refractivity contribution in [2.45, 2.75) is 26.2 Å². The Kier molecular flexibility index (Phi) is 4.41. The average Bonchev–Trinajstić information content (AvgIpc) is 3.38. The van der Waals surface area contributed by atoms with Crippen LogP contribution in [0.2, 0.25) is 5.02 Å². The van der Waals surface area contributed by atoms with E-state index in [1.165, 1.54) is 12.8 Å². The summed E-state index contributed by atoms with van der Waals surface area (Å²) in [6.07, 6.45) is 3.05. The number of imidazole rings is 1. The predicted octanol–water partition coefficient (Wildman–Crippen LogP) is 5.51. The molecule has 4 aromatic rings. The quantitative estimate of drug-likeness (QED) is 0.455. The van der Waals surface area contributed by atoms with Crippen LogP contribution in [0, 0.1) is 18.3 Å². The molecule has 4 nitrogen and oxygen atoms in total. The second kappa shape index (κ2) is 7.09. The normalized spacial score (nSPS) is 14.0. The molecule has 2 aromatic carbocycles. The maximum absolute atomic E-state index is 10.00. The van der Waals surface area contributed by atoms with E-state index in [9.17, 15) is 5.26 Å². The third-order valence-corrected chi connectivity index (χ3v) is 6.30. The van der Waals surface area contributed by atoms with E-state index >= 15 is 0 Å². The highest BCUT2D eigenvalue weighted by Crippen LogP contribution is 2.36. The number of fused-ring (bicyclic) bond motifs is 3. The van der Waals surface area contributed by atoms with E-state index in [0.717, 1.165) is 57.3 Å². The van der Waals surface area contributed by atoms with Crippen molar-refractivity contribution in [3.05, 3.63) is 75.8 Å². The maximum atomic E-state index is 10.00. The van der Waals surface area contributed by atoms with Gasteiger partial charge in [-0.1, -0.05) is 41.9 Å². The molecule has 0 bridgehead atoms. The van der Waals surface area contributed by atoms with Crippen LogP contribution in [-0.2, 0) is 6.42 Å². The average molecular weight is 401 g/mol. The molecular weight excluding hydrogens is 380 g/mol. The van der Waals surface area contributed by atoms with Crippen LogP contribution in [0.4, 0.5) is 5.82 Å². The number of benzene rings is 2. The number of nitriles is 1. The Morgan fingerprint density at radius 1 is 1.07 bits per heavy atom. The summed E-state index contributed by atoms with van der Waals surface area (Å²) in [7, 11) is 0. The fraction of sp³-hybridized carbons (Fsp3) is 0.250. The Balaban J connectivity index is 1.88. The van der Waals surface area contributed by atoms with Crippen LogP contribution >= 0.6 is 11.6 Å². The van der Waals surface area contributed by atoms with Crippen molar-refractivity contribution in [2.75, 3.05) is 18.0 Å². The highest BCUT2D eigenvalue weighted by atomic mass is 35.5. The third kappa shape index (κ3) is 2.85. The van der Waals surface area contributed by atoms with Crippen molar-refractivity contribution in [2.24, 2.45) is 0 Å². The van der Waals surface area contributed by atoms with Crippen LogP contribution in [0.3, 0.4) is 0 Å². The lowest BCUT2D eigenvalue weighted by molar-refractivity contribution is 0.900. The van der Waals surface area contributed by atoms with Crippen molar-refractivity contribution < 1.29 is 0 Å². The monoisotopic (exact) mass is 400 g/mol. The minimum Gasteiger partial charge on any atom is -0.357 e.